The quantitative estimate of drug-likeness (QED) is 0.511. The molecule has 0 spiro atoms. The molecule has 2 aromatic rings. The molecule has 0 radical (unpaired) electrons. The van der Waals surface area contributed by atoms with E-state index in [1.165, 1.54) is 48.6 Å². The highest BCUT2D eigenvalue weighted by Crippen LogP contribution is 2.25. The fourth-order valence-electron chi connectivity index (χ4n) is 1.80. The van der Waals surface area contributed by atoms with Gasteiger partial charge in [-0.25, -0.2) is 8.42 Å². The van der Waals surface area contributed by atoms with Crippen molar-refractivity contribution in [3.63, 3.8) is 0 Å². The minimum absolute atomic E-state index is 0.0449. The first-order valence-electron chi connectivity index (χ1n) is 6.56. The van der Waals surface area contributed by atoms with Crippen molar-refractivity contribution >= 4 is 15.9 Å². The van der Waals surface area contributed by atoms with Crippen LogP contribution in [0.5, 0.6) is 11.5 Å². The number of sulfone groups is 1. The summed E-state index contributed by atoms with van der Waals surface area (Å²) in [6.45, 7) is 0. The molecule has 0 unspecified atom stereocenters. The minimum Gasteiger partial charge on any atom is -0.504 e. The third-order valence-corrected chi connectivity index (χ3v) is 4.69. The highest BCUT2D eigenvalue weighted by atomic mass is 32.2. The number of hydrogen-bond acceptors (Lipinski definition) is 5. The lowest BCUT2D eigenvalue weighted by molar-refractivity contribution is 0.403. The predicted molar refractivity (Wildman–Crippen MR) is 86.1 cm³/mol. The van der Waals surface area contributed by atoms with Crippen LogP contribution in [0.4, 0.5) is 0 Å². The molecule has 0 saturated carbocycles. The van der Waals surface area contributed by atoms with E-state index in [-0.39, 0.29) is 21.3 Å². The van der Waals surface area contributed by atoms with Crippen LogP contribution >= 0.6 is 0 Å². The van der Waals surface area contributed by atoms with Crippen molar-refractivity contribution in [1.82, 2.24) is 0 Å². The number of hydrogen-bond donors (Lipinski definition) is 2. The number of nitriles is 1. The molecule has 23 heavy (non-hydrogen) atoms. The lowest BCUT2D eigenvalue weighted by Gasteiger charge is -2.01. The van der Waals surface area contributed by atoms with Crippen molar-refractivity contribution in [2.24, 2.45) is 0 Å². The highest BCUT2D eigenvalue weighted by molar-refractivity contribution is 7.95. The number of phenolic OH excluding ortho intramolecular Hbond substituents is 2. The fraction of sp³-hybridized carbons (Fsp3) is 0. The Balaban J connectivity index is 2.31. The summed E-state index contributed by atoms with van der Waals surface area (Å²) < 4.78 is 24.6. The van der Waals surface area contributed by atoms with Gasteiger partial charge in [0.25, 0.3) is 0 Å². The van der Waals surface area contributed by atoms with Crippen molar-refractivity contribution in [1.29, 1.82) is 5.26 Å². The standard InChI is InChI=1S/C17H13NO4S/c18-12-15(23(21,22)14-6-2-1-3-7-14)8-4-5-13-9-10-16(19)17(20)11-13/h1-11,19-20H. The summed E-state index contributed by atoms with van der Waals surface area (Å²) in [7, 11) is -3.86. The molecule has 0 aromatic heterocycles. The van der Waals surface area contributed by atoms with Gasteiger partial charge in [0, 0.05) is 0 Å². The monoisotopic (exact) mass is 327 g/mol. The van der Waals surface area contributed by atoms with E-state index in [4.69, 9.17) is 5.26 Å². The largest absolute Gasteiger partial charge is 0.504 e. The van der Waals surface area contributed by atoms with Crippen molar-refractivity contribution in [2.75, 3.05) is 0 Å². The zero-order valence-corrected chi connectivity index (χ0v) is 12.7. The van der Waals surface area contributed by atoms with E-state index in [0.29, 0.717) is 5.56 Å². The summed E-state index contributed by atoms with van der Waals surface area (Å²) in [6.07, 6.45) is 4.09. The molecule has 0 heterocycles. The van der Waals surface area contributed by atoms with Gasteiger partial charge in [0.15, 0.2) is 11.5 Å². The maximum Gasteiger partial charge on any atom is 0.216 e. The smallest absolute Gasteiger partial charge is 0.216 e. The summed E-state index contributed by atoms with van der Waals surface area (Å²) in [5, 5.41) is 27.7. The molecule has 0 bridgehead atoms. The van der Waals surface area contributed by atoms with Gasteiger partial charge in [-0.3, -0.25) is 0 Å². The Hall–Kier alpha value is -3.04. The first kappa shape index (κ1) is 16.3. The van der Waals surface area contributed by atoms with Gasteiger partial charge in [0.05, 0.1) is 4.90 Å². The first-order chi connectivity index (χ1) is 10.9. The average molecular weight is 327 g/mol. The van der Waals surface area contributed by atoms with Crippen LogP contribution in [0.2, 0.25) is 0 Å². The van der Waals surface area contributed by atoms with E-state index in [1.807, 2.05) is 0 Å². The number of allylic oxidation sites excluding steroid dienone is 3. The van der Waals surface area contributed by atoms with Crippen LogP contribution in [0.3, 0.4) is 0 Å². The molecular weight excluding hydrogens is 314 g/mol. The van der Waals surface area contributed by atoms with E-state index in [2.05, 4.69) is 0 Å². The maximum absolute atomic E-state index is 12.3. The lowest BCUT2D eigenvalue weighted by atomic mass is 10.2. The Morgan fingerprint density at radius 1 is 1.04 bits per heavy atom. The van der Waals surface area contributed by atoms with E-state index in [1.54, 1.807) is 24.3 Å². The van der Waals surface area contributed by atoms with Crippen LogP contribution in [-0.4, -0.2) is 18.6 Å². The Kier molecular flexibility index (Phi) is 4.84. The summed E-state index contributed by atoms with van der Waals surface area (Å²) in [5.41, 5.74) is 0.547. The molecule has 2 aromatic carbocycles. The van der Waals surface area contributed by atoms with Crippen LogP contribution in [0.25, 0.3) is 6.08 Å². The van der Waals surface area contributed by atoms with Gasteiger partial charge in [-0.05, 0) is 35.9 Å². The molecule has 0 amide bonds. The highest BCUT2D eigenvalue weighted by Gasteiger charge is 2.19. The molecule has 0 aliphatic carbocycles. The van der Waals surface area contributed by atoms with Crippen molar-refractivity contribution in [2.45, 2.75) is 4.90 Å². The zero-order chi connectivity index (χ0) is 16.9. The molecule has 6 heteroatoms. The number of aromatic hydroxyl groups is 2. The Morgan fingerprint density at radius 2 is 1.74 bits per heavy atom. The molecule has 0 fully saturated rings. The second-order valence-corrected chi connectivity index (χ2v) is 6.48. The van der Waals surface area contributed by atoms with Crippen LogP contribution < -0.4 is 0 Å². The van der Waals surface area contributed by atoms with Gasteiger partial charge in [-0.1, -0.05) is 36.4 Å². The molecule has 5 nitrogen and oxygen atoms in total. The van der Waals surface area contributed by atoms with Gasteiger partial charge >= 0.3 is 0 Å². The molecule has 2 N–H and O–H groups in total. The average Bonchev–Trinajstić information content (AvgIpc) is 2.55. The predicted octanol–water partition coefficient (Wildman–Crippen LogP) is 2.99. The third-order valence-electron chi connectivity index (χ3n) is 2.99. The Bertz CT molecular complexity index is 907. The van der Waals surface area contributed by atoms with Gasteiger partial charge in [-0.2, -0.15) is 5.26 Å². The maximum atomic E-state index is 12.3. The third kappa shape index (κ3) is 3.78. The summed E-state index contributed by atoms with van der Waals surface area (Å²) in [4.78, 5) is -0.341. The van der Waals surface area contributed by atoms with Gasteiger partial charge < -0.3 is 10.2 Å². The van der Waals surface area contributed by atoms with Gasteiger partial charge in [0.1, 0.15) is 11.0 Å². The second kappa shape index (κ2) is 6.81. The van der Waals surface area contributed by atoms with Crippen LogP contribution in [0, 0.1) is 11.3 Å². The van der Waals surface area contributed by atoms with Gasteiger partial charge in [-0.15, -0.1) is 0 Å². The zero-order valence-electron chi connectivity index (χ0n) is 11.9. The second-order valence-electron chi connectivity index (χ2n) is 4.57. The van der Waals surface area contributed by atoms with Crippen LogP contribution in [-0.2, 0) is 9.84 Å². The van der Waals surface area contributed by atoms with E-state index < -0.39 is 9.84 Å². The number of phenols is 2. The first-order valence-corrected chi connectivity index (χ1v) is 8.04. The van der Waals surface area contributed by atoms with Crippen molar-refractivity contribution in [3.05, 3.63) is 71.2 Å². The van der Waals surface area contributed by atoms with Crippen molar-refractivity contribution < 1.29 is 18.6 Å². The molecule has 0 aliphatic heterocycles. The lowest BCUT2D eigenvalue weighted by Crippen LogP contribution is -2.02. The van der Waals surface area contributed by atoms with Gasteiger partial charge in [0.2, 0.25) is 9.84 Å². The minimum atomic E-state index is -3.86. The normalized spacial score (nSPS) is 12.2. The van der Waals surface area contributed by atoms with Crippen molar-refractivity contribution in [3.8, 4) is 17.6 Å². The molecule has 0 atom stereocenters. The van der Waals surface area contributed by atoms with Crippen LogP contribution in [0.1, 0.15) is 5.56 Å². The van der Waals surface area contributed by atoms with E-state index in [9.17, 15) is 18.6 Å². The topological polar surface area (TPSA) is 98.4 Å². The Labute approximate surface area is 134 Å². The van der Waals surface area contributed by atoms with E-state index >= 15 is 0 Å². The Morgan fingerprint density at radius 3 is 2.35 bits per heavy atom. The summed E-state index contributed by atoms with van der Waals surface area (Å²) in [6, 6.07) is 13.5. The fourth-order valence-corrected chi connectivity index (χ4v) is 2.95. The number of nitrogens with zero attached hydrogens (tertiary/aromatic N) is 1. The summed E-state index contributed by atoms with van der Waals surface area (Å²) in [5.74, 6) is -0.532. The van der Waals surface area contributed by atoms with Crippen LogP contribution in [0.15, 0.2) is 70.5 Å². The summed E-state index contributed by atoms with van der Waals surface area (Å²) >= 11 is 0. The molecule has 0 aliphatic rings. The molecule has 2 rings (SSSR count). The molecule has 0 saturated heterocycles. The number of rotatable bonds is 4. The molecular formula is C17H13NO4S. The SMILES string of the molecule is N#CC(=CC=Cc1ccc(O)c(O)c1)S(=O)(=O)c1ccccc1. The van der Waals surface area contributed by atoms with E-state index in [0.717, 1.165) is 0 Å². The number of benzene rings is 2. The molecule has 116 valence electrons.